The van der Waals surface area contributed by atoms with Gasteiger partial charge in [-0.1, -0.05) is 147 Å². The number of rotatable bonds is 37. The molecule has 3 atom stereocenters. The maximum absolute atomic E-state index is 13.6. The van der Waals surface area contributed by atoms with Crippen molar-refractivity contribution in [3.63, 3.8) is 0 Å². The summed E-state index contributed by atoms with van der Waals surface area (Å²) in [5, 5.41) is 23.1. The predicted octanol–water partition coefficient (Wildman–Crippen LogP) is 10.1. The Morgan fingerprint density at radius 3 is 1.52 bits per heavy atom. The zero-order valence-corrected chi connectivity index (χ0v) is 35.0. The van der Waals surface area contributed by atoms with Crippen molar-refractivity contribution in [3.8, 4) is 0 Å². The number of carbonyl (C=O) groups excluding carboxylic acids is 2. The molecule has 0 bridgehead atoms. The van der Waals surface area contributed by atoms with Crippen LogP contribution < -0.4 is 0 Å². The molecule has 0 heterocycles. The zero-order chi connectivity index (χ0) is 39.1. The topological polar surface area (TPSA) is 141 Å². The highest BCUT2D eigenvalue weighted by Gasteiger charge is 2.50. The molecule has 0 rings (SSSR count). The van der Waals surface area contributed by atoms with Crippen LogP contribution in [0, 0.1) is 0 Å². The minimum absolute atomic E-state index is 0.0446. The summed E-state index contributed by atoms with van der Waals surface area (Å²) in [5.41, 5.74) is -2.50. The molecule has 9 nitrogen and oxygen atoms in total. The van der Waals surface area contributed by atoms with Crippen LogP contribution >= 0.6 is 7.82 Å². The molecule has 0 aromatic rings. The Morgan fingerprint density at radius 2 is 1.06 bits per heavy atom. The summed E-state index contributed by atoms with van der Waals surface area (Å²) in [4.78, 5) is 45.9. The summed E-state index contributed by atoms with van der Waals surface area (Å²) >= 11 is 0. The Hall–Kier alpha value is -1.19. The highest BCUT2D eigenvalue weighted by Crippen LogP contribution is 2.40. The van der Waals surface area contributed by atoms with Crippen LogP contribution in [0.3, 0.4) is 0 Å². The van der Waals surface area contributed by atoms with Crippen LogP contribution in [0.2, 0.25) is 0 Å². The highest BCUT2D eigenvalue weighted by molar-refractivity contribution is 7.46. The molecule has 52 heavy (non-hydrogen) atoms. The molecule has 0 aromatic heterocycles. The standard InChI is InChI=1S/C42H80NO8P/c1-6-8-10-12-14-16-18-20-21-23-25-27-29-31-33-35-40(45)42(47,41(46)39(37-43(3,4)5)51-52(48,49)50)36-38(44)34-32-30-28-26-24-22-19-17-15-13-11-9-7-2/h14,16,20-21,39,41,46-47H,6-13,15,17-19,22-37H2,1-5H3,(H-,48,49,50)/p+1/b16-14-,21-20-. The maximum atomic E-state index is 13.6. The Labute approximate surface area is 318 Å². The van der Waals surface area contributed by atoms with E-state index in [1.165, 1.54) is 77.0 Å². The van der Waals surface area contributed by atoms with Crippen molar-refractivity contribution < 1.29 is 43.2 Å². The molecular formula is C42H81NO8P+. The SMILES string of the molecule is CCCCC/C=C\C/C=C\CCCCCCCC(=O)C(O)(CC(=O)CCCCCCCCCCCCCCC)C(O)C(C[N+](C)(C)C)OP(=O)(O)O. The zero-order valence-electron chi connectivity index (χ0n) is 34.1. The van der Waals surface area contributed by atoms with E-state index >= 15 is 0 Å². The van der Waals surface area contributed by atoms with Crippen molar-refractivity contribution in [1.29, 1.82) is 0 Å². The number of quaternary nitrogens is 1. The van der Waals surface area contributed by atoms with Crippen LogP contribution in [0.15, 0.2) is 24.3 Å². The Bertz CT molecular complexity index is 1000. The Morgan fingerprint density at radius 1 is 0.654 bits per heavy atom. The monoisotopic (exact) mass is 759 g/mol. The summed E-state index contributed by atoms with van der Waals surface area (Å²) < 4.78 is 16.9. The molecule has 0 aliphatic rings. The number of hydrogen-bond acceptors (Lipinski definition) is 6. The number of carbonyl (C=O) groups is 2. The fourth-order valence-corrected chi connectivity index (χ4v) is 7.16. The molecule has 3 unspecified atom stereocenters. The van der Waals surface area contributed by atoms with Crippen molar-refractivity contribution in [3.05, 3.63) is 24.3 Å². The van der Waals surface area contributed by atoms with E-state index in [0.717, 1.165) is 64.2 Å². The molecule has 0 spiro atoms. The first-order valence-electron chi connectivity index (χ1n) is 21.0. The van der Waals surface area contributed by atoms with Gasteiger partial charge in [0.2, 0.25) is 0 Å². The van der Waals surface area contributed by atoms with Crippen molar-refractivity contribution in [2.45, 2.75) is 205 Å². The van der Waals surface area contributed by atoms with Crippen molar-refractivity contribution in [1.82, 2.24) is 0 Å². The lowest BCUT2D eigenvalue weighted by molar-refractivity contribution is -0.873. The van der Waals surface area contributed by atoms with Gasteiger partial charge in [-0.25, -0.2) is 4.57 Å². The second kappa shape index (κ2) is 31.1. The molecule has 0 amide bonds. The van der Waals surface area contributed by atoms with E-state index in [1.54, 1.807) is 21.1 Å². The van der Waals surface area contributed by atoms with Gasteiger partial charge in [0, 0.05) is 19.3 Å². The van der Waals surface area contributed by atoms with Gasteiger partial charge in [0.15, 0.2) is 11.4 Å². The fourth-order valence-electron chi connectivity index (χ4n) is 6.63. The highest BCUT2D eigenvalue weighted by atomic mass is 31.2. The van der Waals surface area contributed by atoms with E-state index < -0.39 is 37.8 Å². The molecular weight excluding hydrogens is 677 g/mol. The maximum Gasteiger partial charge on any atom is 0.470 e. The summed E-state index contributed by atoms with van der Waals surface area (Å²) in [6.07, 6.45) is 31.2. The quantitative estimate of drug-likeness (QED) is 0.0212. The number of hydrogen-bond donors (Lipinski definition) is 4. The number of aliphatic hydroxyl groups excluding tert-OH is 1. The molecule has 0 aliphatic carbocycles. The average Bonchev–Trinajstić information content (AvgIpc) is 3.06. The lowest BCUT2D eigenvalue weighted by atomic mass is 9.81. The van der Waals surface area contributed by atoms with Crippen LogP contribution in [0.4, 0.5) is 0 Å². The van der Waals surface area contributed by atoms with E-state index in [0.29, 0.717) is 12.8 Å². The number of phosphoric acid groups is 1. The minimum atomic E-state index is -5.08. The lowest BCUT2D eigenvalue weighted by Crippen LogP contribution is -2.59. The summed E-state index contributed by atoms with van der Waals surface area (Å²) in [6, 6.07) is 0. The number of Topliss-reactive ketones (excluding diaryl/α,β-unsaturated/α-hetero) is 2. The number of phosphoric ester groups is 1. The van der Waals surface area contributed by atoms with Gasteiger partial charge in [0.25, 0.3) is 0 Å². The number of aliphatic hydroxyl groups is 2. The van der Waals surface area contributed by atoms with Gasteiger partial charge < -0.3 is 24.5 Å². The smallest absolute Gasteiger partial charge is 0.387 e. The predicted molar refractivity (Wildman–Crippen MR) is 215 cm³/mol. The van der Waals surface area contributed by atoms with E-state index in [1.807, 2.05) is 0 Å². The van der Waals surface area contributed by atoms with Crippen molar-refractivity contribution >= 4 is 19.4 Å². The van der Waals surface area contributed by atoms with Gasteiger partial charge in [-0.2, -0.15) is 0 Å². The second-order valence-corrected chi connectivity index (χ2v) is 17.3. The van der Waals surface area contributed by atoms with Gasteiger partial charge in [0.05, 0.1) is 21.1 Å². The van der Waals surface area contributed by atoms with Crippen LogP contribution in [-0.2, 0) is 18.7 Å². The minimum Gasteiger partial charge on any atom is -0.387 e. The van der Waals surface area contributed by atoms with E-state index in [-0.39, 0.29) is 29.7 Å². The number of ketones is 2. The van der Waals surface area contributed by atoms with Crippen LogP contribution in [0.5, 0.6) is 0 Å². The first-order valence-corrected chi connectivity index (χ1v) is 22.5. The van der Waals surface area contributed by atoms with Crippen LogP contribution in [-0.4, -0.2) is 81.5 Å². The van der Waals surface area contributed by atoms with Crippen LogP contribution in [0.25, 0.3) is 0 Å². The van der Waals surface area contributed by atoms with E-state index in [2.05, 4.69) is 38.2 Å². The van der Waals surface area contributed by atoms with Crippen LogP contribution in [0.1, 0.15) is 187 Å². The molecule has 0 saturated carbocycles. The largest absolute Gasteiger partial charge is 0.470 e. The molecule has 4 N–H and O–H groups in total. The second-order valence-electron chi connectivity index (χ2n) is 16.1. The molecule has 0 aromatic carbocycles. The van der Waals surface area contributed by atoms with E-state index in [4.69, 9.17) is 4.52 Å². The Balaban J connectivity index is 4.96. The first-order chi connectivity index (χ1) is 24.7. The molecule has 10 heteroatoms. The molecule has 0 fully saturated rings. The fraction of sp³-hybridized carbons (Fsp3) is 0.857. The number of unbranched alkanes of at least 4 members (excludes halogenated alkanes) is 20. The van der Waals surface area contributed by atoms with Gasteiger partial charge in [-0.15, -0.1) is 0 Å². The number of likely N-dealkylation sites (N-methyl/N-ethyl adjacent to an activating group) is 1. The molecule has 0 radical (unpaired) electrons. The third-order valence-electron chi connectivity index (χ3n) is 9.71. The van der Waals surface area contributed by atoms with Gasteiger partial charge >= 0.3 is 7.82 Å². The average molecular weight is 759 g/mol. The number of allylic oxidation sites excluding steroid dienone is 4. The van der Waals surface area contributed by atoms with Gasteiger partial charge in [-0.3, -0.25) is 14.1 Å². The number of nitrogens with zero attached hydrogens (tertiary/aromatic N) is 1. The third-order valence-corrected chi connectivity index (χ3v) is 10.3. The van der Waals surface area contributed by atoms with Crippen molar-refractivity contribution in [2.24, 2.45) is 0 Å². The first kappa shape index (κ1) is 50.8. The summed E-state index contributed by atoms with van der Waals surface area (Å²) in [6.45, 7) is 4.35. The summed E-state index contributed by atoms with van der Waals surface area (Å²) in [5.74, 6) is -1.04. The van der Waals surface area contributed by atoms with Gasteiger partial charge in [0.1, 0.15) is 24.5 Å². The summed E-state index contributed by atoms with van der Waals surface area (Å²) in [7, 11) is 0.147. The Kier molecular flexibility index (Phi) is 30.4. The molecule has 0 saturated heterocycles. The van der Waals surface area contributed by atoms with Gasteiger partial charge in [-0.05, 0) is 44.9 Å². The molecule has 0 aliphatic heterocycles. The normalized spacial score (nSPS) is 15.0. The lowest BCUT2D eigenvalue weighted by Gasteiger charge is -2.38. The molecule has 306 valence electrons. The third kappa shape index (κ3) is 29.2. The van der Waals surface area contributed by atoms with E-state index in [9.17, 15) is 34.2 Å². The van der Waals surface area contributed by atoms with Crippen molar-refractivity contribution in [2.75, 3.05) is 27.7 Å².